The van der Waals surface area contributed by atoms with Crippen molar-refractivity contribution in [1.82, 2.24) is 25.1 Å². The highest BCUT2D eigenvalue weighted by Gasteiger charge is 2.15. The molecule has 0 unspecified atom stereocenters. The van der Waals surface area contributed by atoms with Crippen LogP contribution in [-0.4, -0.2) is 25.1 Å². The van der Waals surface area contributed by atoms with Crippen molar-refractivity contribution in [3.63, 3.8) is 0 Å². The van der Waals surface area contributed by atoms with E-state index in [1.165, 1.54) is 23.1 Å². The van der Waals surface area contributed by atoms with Crippen LogP contribution in [-0.2, 0) is 5.75 Å². The monoisotopic (exact) mass is 409 g/mol. The fourth-order valence-electron chi connectivity index (χ4n) is 3.12. The van der Waals surface area contributed by atoms with Crippen LogP contribution in [0.25, 0.3) is 32.6 Å². The van der Waals surface area contributed by atoms with Gasteiger partial charge < -0.3 is 14.4 Å². The lowest BCUT2D eigenvalue weighted by molar-refractivity contribution is 0.466. The molecule has 0 saturated carbocycles. The van der Waals surface area contributed by atoms with E-state index in [-0.39, 0.29) is 5.56 Å². The molecule has 0 aliphatic heterocycles. The van der Waals surface area contributed by atoms with Crippen LogP contribution >= 0.6 is 23.1 Å². The number of nitrogens with one attached hydrogen (secondary N) is 2. The first kappa shape index (κ1) is 17.2. The van der Waals surface area contributed by atoms with E-state index in [2.05, 4.69) is 25.1 Å². The number of thiophene rings is 1. The van der Waals surface area contributed by atoms with Crippen LogP contribution in [0, 0.1) is 13.8 Å². The Morgan fingerprint density at radius 1 is 1.21 bits per heavy atom. The van der Waals surface area contributed by atoms with Crippen LogP contribution in [0.3, 0.4) is 0 Å². The molecule has 0 fully saturated rings. The van der Waals surface area contributed by atoms with Crippen LogP contribution in [0.2, 0.25) is 0 Å². The molecule has 0 atom stereocenters. The van der Waals surface area contributed by atoms with E-state index in [9.17, 15) is 4.79 Å². The lowest BCUT2D eigenvalue weighted by Gasteiger charge is -1.98. The largest absolute Gasteiger partial charge is 0.411 e. The summed E-state index contributed by atoms with van der Waals surface area (Å²) >= 11 is 2.88. The summed E-state index contributed by atoms with van der Waals surface area (Å²) in [6.07, 6.45) is 1.86. The number of thioether (sulfide) groups is 1. The van der Waals surface area contributed by atoms with Crippen molar-refractivity contribution in [1.29, 1.82) is 0 Å². The summed E-state index contributed by atoms with van der Waals surface area (Å²) in [5.74, 6) is 1.49. The molecule has 7 nitrogen and oxygen atoms in total. The molecular weight excluding hydrogens is 394 g/mol. The Hall–Kier alpha value is -2.91. The number of aromatic amines is 2. The first-order valence-electron chi connectivity index (χ1n) is 8.62. The molecule has 0 spiro atoms. The van der Waals surface area contributed by atoms with E-state index >= 15 is 0 Å². The van der Waals surface area contributed by atoms with Crippen LogP contribution in [0.5, 0.6) is 0 Å². The van der Waals surface area contributed by atoms with Gasteiger partial charge in [-0.25, -0.2) is 4.98 Å². The second-order valence-electron chi connectivity index (χ2n) is 6.39. The van der Waals surface area contributed by atoms with Gasteiger partial charge in [0.15, 0.2) is 0 Å². The Balaban J connectivity index is 1.39. The minimum absolute atomic E-state index is 0.104. The third-order valence-electron chi connectivity index (χ3n) is 4.65. The van der Waals surface area contributed by atoms with E-state index in [4.69, 9.17) is 4.42 Å². The van der Waals surface area contributed by atoms with Crippen LogP contribution < -0.4 is 5.56 Å². The highest BCUT2D eigenvalue weighted by atomic mass is 32.2. The maximum Gasteiger partial charge on any atom is 0.277 e. The average Bonchev–Trinajstić information content (AvgIpc) is 3.38. The van der Waals surface area contributed by atoms with Gasteiger partial charge in [-0.3, -0.25) is 4.79 Å². The third-order valence-corrected chi connectivity index (χ3v) is 6.58. The number of aryl methyl sites for hydroxylation is 2. The SMILES string of the molecule is Cc1sc2nc(CSc3nnc(-c4c[nH]c5ccccc45)o3)[nH]c(=O)c2c1C. The van der Waals surface area contributed by atoms with E-state index in [0.717, 1.165) is 31.7 Å². The molecule has 28 heavy (non-hydrogen) atoms. The van der Waals surface area contributed by atoms with Gasteiger partial charge >= 0.3 is 0 Å². The van der Waals surface area contributed by atoms with Gasteiger partial charge in [0.2, 0.25) is 0 Å². The molecular formula is C19H15N5O2S2. The summed E-state index contributed by atoms with van der Waals surface area (Å²) in [5.41, 5.74) is 2.77. The van der Waals surface area contributed by atoms with Crippen molar-refractivity contribution in [2.75, 3.05) is 0 Å². The molecule has 4 heterocycles. The van der Waals surface area contributed by atoms with Gasteiger partial charge in [-0.05, 0) is 25.5 Å². The lowest BCUT2D eigenvalue weighted by Crippen LogP contribution is -2.10. The lowest BCUT2D eigenvalue weighted by atomic mass is 10.2. The zero-order valence-electron chi connectivity index (χ0n) is 15.1. The maximum atomic E-state index is 12.4. The number of fused-ring (bicyclic) bond motifs is 2. The first-order chi connectivity index (χ1) is 13.6. The zero-order chi connectivity index (χ0) is 19.3. The van der Waals surface area contributed by atoms with E-state index in [0.29, 0.717) is 28.1 Å². The first-order valence-corrected chi connectivity index (χ1v) is 10.4. The Labute approximate surface area is 167 Å². The molecule has 0 aliphatic carbocycles. The summed E-state index contributed by atoms with van der Waals surface area (Å²) in [5, 5.41) is 10.4. The highest BCUT2D eigenvalue weighted by Crippen LogP contribution is 2.31. The Morgan fingerprint density at radius 3 is 2.96 bits per heavy atom. The molecule has 140 valence electrons. The summed E-state index contributed by atoms with van der Waals surface area (Å²) in [7, 11) is 0. The summed E-state index contributed by atoms with van der Waals surface area (Å²) in [4.78, 5) is 24.9. The predicted octanol–water partition coefficient (Wildman–Crippen LogP) is 4.43. The minimum Gasteiger partial charge on any atom is -0.411 e. The van der Waals surface area contributed by atoms with Gasteiger partial charge in [-0.15, -0.1) is 21.5 Å². The molecule has 0 bridgehead atoms. The molecule has 0 saturated heterocycles. The normalized spacial score (nSPS) is 11.6. The van der Waals surface area contributed by atoms with Crippen molar-refractivity contribution >= 4 is 44.2 Å². The standard InChI is InChI=1S/C19H15N5O2S2/c1-9-10(2)28-18-15(9)16(25)21-14(22-18)8-27-19-24-23-17(26-19)12-7-20-13-6-4-3-5-11(12)13/h3-7,20H,8H2,1-2H3,(H,21,22,25). The summed E-state index contributed by atoms with van der Waals surface area (Å²) < 4.78 is 5.80. The van der Waals surface area contributed by atoms with Gasteiger partial charge in [-0.1, -0.05) is 30.0 Å². The molecule has 0 amide bonds. The van der Waals surface area contributed by atoms with Gasteiger partial charge in [0.25, 0.3) is 16.7 Å². The number of para-hydroxylation sites is 1. The van der Waals surface area contributed by atoms with Gasteiger partial charge in [0.1, 0.15) is 10.7 Å². The Kier molecular flexibility index (Phi) is 4.06. The number of nitrogens with zero attached hydrogens (tertiary/aromatic N) is 3. The number of aromatic nitrogens is 5. The zero-order valence-corrected chi connectivity index (χ0v) is 16.7. The van der Waals surface area contributed by atoms with Crippen LogP contribution in [0.4, 0.5) is 0 Å². The van der Waals surface area contributed by atoms with Crippen molar-refractivity contribution in [2.45, 2.75) is 24.8 Å². The molecule has 0 aliphatic rings. The number of H-pyrrole nitrogens is 2. The molecule has 1 aromatic carbocycles. The molecule has 4 aromatic heterocycles. The molecule has 5 aromatic rings. The second kappa shape index (κ2) is 6.61. The third kappa shape index (κ3) is 2.83. The van der Waals surface area contributed by atoms with E-state index < -0.39 is 0 Å². The van der Waals surface area contributed by atoms with E-state index in [1.54, 1.807) is 0 Å². The average molecular weight is 409 g/mol. The highest BCUT2D eigenvalue weighted by molar-refractivity contribution is 7.98. The number of hydrogen-bond donors (Lipinski definition) is 2. The van der Waals surface area contributed by atoms with Crippen LogP contribution in [0.1, 0.15) is 16.3 Å². The summed E-state index contributed by atoms with van der Waals surface area (Å²) in [6.45, 7) is 3.95. The Bertz CT molecular complexity index is 1380. The van der Waals surface area contributed by atoms with Crippen molar-refractivity contribution in [2.24, 2.45) is 0 Å². The van der Waals surface area contributed by atoms with Crippen molar-refractivity contribution in [3.05, 3.63) is 57.1 Å². The number of hydrogen-bond acceptors (Lipinski definition) is 7. The topological polar surface area (TPSA) is 100 Å². The van der Waals surface area contributed by atoms with Gasteiger partial charge in [0, 0.05) is 22.0 Å². The summed E-state index contributed by atoms with van der Waals surface area (Å²) in [6, 6.07) is 7.95. The maximum absolute atomic E-state index is 12.4. The smallest absolute Gasteiger partial charge is 0.277 e. The second-order valence-corrected chi connectivity index (χ2v) is 8.52. The number of benzene rings is 1. The predicted molar refractivity (Wildman–Crippen MR) is 111 cm³/mol. The van der Waals surface area contributed by atoms with Gasteiger partial charge in [-0.2, -0.15) is 0 Å². The van der Waals surface area contributed by atoms with Crippen molar-refractivity contribution in [3.8, 4) is 11.5 Å². The van der Waals surface area contributed by atoms with E-state index in [1.807, 2.05) is 44.3 Å². The minimum atomic E-state index is -0.104. The fourth-order valence-corrected chi connectivity index (χ4v) is 4.81. The molecule has 9 heteroatoms. The molecule has 5 rings (SSSR count). The fraction of sp³-hybridized carbons (Fsp3) is 0.158. The number of rotatable bonds is 4. The quantitative estimate of drug-likeness (QED) is 0.426. The van der Waals surface area contributed by atoms with Crippen LogP contribution in [0.15, 0.2) is 44.9 Å². The van der Waals surface area contributed by atoms with Crippen molar-refractivity contribution < 1.29 is 4.42 Å². The molecule has 2 N–H and O–H groups in total. The Morgan fingerprint density at radius 2 is 2.07 bits per heavy atom. The molecule has 0 radical (unpaired) electrons. The van der Waals surface area contributed by atoms with Gasteiger partial charge in [0.05, 0.1) is 16.7 Å².